The molecule has 31 heavy (non-hydrogen) atoms. The molecule has 2 aromatic rings. The Morgan fingerprint density at radius 3 is 2.42 bits per heavy atom. The number of aliphatic imine (C=N–C) groups is 1. The second-order valence-corrected chi connectivity index (χ2v) is 7.15. The highest BCUT2D eigenvalue weighted by Crippen LogP contribution is 2.22. The number of carbonyl (C=O) groups is 1. The van der Waals surface area contributed by atoms with Crippen molar-refractivity contribution in [3.63, 3.8) is 0 Å². The number of rotatable bonds is 7. The summed E-state index contributed by atoms with van der Waals surface area (Å²) in [6, 6.07) is 14.3. The number of amides is 1. The van der Waals surface area contributed by atoms with Crippen molar-refractivity contribution in [3.8, 4) is 5.75 Å². The molecule has 1 heterocycles. The van der Waals surface area contributed by atoms with Crippen molar-refractivity contribution in [2.75, 3.05) is 25.1 Å². The average Bonchev–Trinajstić information content (AvgIpc) is 3.18. The van der Waals surface area contributed by atoms with Crippen LogP contribution in [0.1, 0.15) is 24.0 Å². The van der Waals surface area contributed by atoms with E-state index < -0.39 is 12.8 Å². The van der Waals surface area contributed by atoms with E-state index in [-0.39, 0.29) is 11.7 Å². The summed E-state index contributed by atoms with van der Waals surface area (Å²) >= 11 is 0. The van der Waals surface area contributed by atoms with Gasteiger partial charge < -0.3 is 20.3 Å². The molecule has 0 unspecified atom stereocenters. The Balaban J connectivity index is 1.48. The van der Waals surface area contributed by atoms with Crippen LogP contribution in [0.2, 0.25) is 0 Å². The molecular formula is C22H25F3N4O2. The van der Waals surface area contributed by atoms with Gasteiger partial charge >= 0.3 is 6.18 Å². The fourth-order valence-corrected chi connectivity index (χ4v) is 3.22. The topological polar surface area (TPSA) is 66.0 Å². The van der Waals surface area contributed by atoms with Gasteiger partial charge in [-0.05, 0) is 41.8 Å². The van der Waals surface area contributed by atoms with Gasteiger partial charge in [-0.1, -0.05) is 24.3 Å². The van der Waals surface area contributed by atoms with E-state index in [1.165, 1.54) is 6.07 Å². The molecular weight excluding hydrogens is 409 g/mol. The first-order chi connectivity index (χ1) is 14.8. The van der Waals surface area contributed by atoms with Crippen LogP contribution in [0, 0.1) is 0 Å². The number of nitrogens with one attached hydrogen (secondary N) is 2. The Labute approximate surface area is 179 Å². The molecule has 1 aliphatic rings. The van der Waals surface area contributed by atoms with E-state index in [4.69, 9.17) is 4.74 Å². The zero-order chi connectivity index (χ0) is 22.3. The third kappa shape index (κ3) is 6.91. The fraction of sp³-hybridized carbons (Fsp3) is 0.364. The van der Waals surface area contributed by atoms with Crippen molar-refractivity contribution in [1.29, 1.82) is 0 Å². The van der Waals surface area contributed by atoms with Gasteiger partial charge in [-0.2, -0.15) is 13.2 Å². The number of hydrogen-bond donors (Lipinski definition) is 2. The number of anilines is 1. The van der Waals surface area contributed by atoms with Gasteiger partial charge in [0.1, 0.15) is 5.75 Å². The number of ether oxygens (including phenoxy) is 1. The molecule has 9 heteroatoms. The lowest BCUT2D eigenvalue weighted by Gasteiger charge is -2.16. The Hall–Kier alpha value is -3.23. The van der Waals surface area contributed by atoms with Crippen molar-refractivity contribution in [1.82, 2.24) is 10.6 Å². The van der Waals surface area contributed by atoms with Gasteiger partial charge in [-0.15, -0.1) is 0 Å². The Morgan fingerprint density at radius 2 is 1.81 bits per heavy atom. The van der Waals surface area contributed by atoms with Crippen LogP contribution < -0.4 is 20.3 Å². The number of carbonyl (C=O) groups excluding carboxylic acids is 1. The second kappa shape index (κ2) is 10.2. The molecule has 0 aliphatic carbocycles. The Kier molecular flexibility index (Phi) is 7.38. The molecule has 0 radical (unpaired) electrons. The summed E-state index contributed by atoms with van der Waals surface area (Å²) in [6.45, 7) is 0.342. The third-order valence-corrected chi connectivity index (χ3v) is 4.77. The minimum absolute atomic E-state index is 0.156. The van der Waals surface area contributed by atoms with Crippen molar-refractivity contribution in [2.45, 2.75) is 32.1 Å². The fourth-order valence-electron chi connectivity index (χ4n) is 3.22. The predicted molar refractivity (Wildman–Crippen MR) is 113 cm³/mol. The van der Waals surface area contributed by atoms with Crippen LogP contribution in [-0.2, 0) is 17.9 Å². The number of guanidine groups is 1. The summed E-state index contributed by atoms with van der Waals surface area (Å²) < 4.78 is 41.7. The quantitative estimate of drug-likeness (QED) is 0.516. The predicted octanol–water partition coefficient (Wildman–Crippen LogP) is 3.62. The summed E-state index contributed by atoms with van der Waals surface area (Å²) in [5.41, 5.74) is 2.70. The van der Waals surface area contributed by atoms with Gasteiger partial charge in [0.05, 0.1) is 0 Å². The molecule has 6 nitrogen and oxygen atoms in total. The van der Waals surface area contributed by atoms with Crippen LogP contribution in [0.4, 0.5) is 18.9 Å². The first kappa shape index (κ1) is 22.5. The van der Waals surface area contributed by atoms with Gasteiger partial charge in [0.15, 0.2) is 12.6 Å². The summed E-state index contributed by atoms with van der Waals surface area (Å²) in [4.78, 5) is 17.8. The third-order valence-electron chi connectivity index (χ3n) is 4.77. The molecule has 3 rings (SSSR count). The van der Waals surface area contributed by atoms with Crippen molar-refractivity contribution >= 4 is 17.6 Å². The molecule has 0 atom stereocenters. The van der Waals surface area contributed by atoms with Gasteiger partial charge in [0.25, 0.3) is 0 Å². The minimum atomic E-state index is -4.37. The van der Waals surface area contributed by atoms with E-state index in [1.807, 2.05) is 24.3 Å². The normalized spacial score (nSPS) is 14.6. The zero-order valence-corrected chi connectivity index (χ0v) is 17.2. The summed E-state index contributed by atoms with van der Waals surface area (Å²) in [5.74, 6) is 0.875. The maximum atomic E-state index is 12.3. The number of halogens is 3. The smallest absolute Gasteiger partial charge is 0.422 e. The van der Waals surface area contributed by atoms with Gasteiger partial charge in [0, 0.05) is 38.8 Å². The monoisotopic (exact) mass is 434 g/mol. The lowest BCUT2D eigenvalue weighted by Crippen LogP contribution is -2.36. The first-order valence-corrected chi connectivity index (χ1v) is 9.96. The molecule has 1 fully saturated rings. The van der Waals surface area contributed by atoms with Crippen LogP contribution >= 0.6 is 0 Å². The maximum absolute atomic E-state index is 12.3. The Morgan fingerprint density at radius 1 is 1.10 bits per heavy atom. The largest absolute Gasteiger partial charge is 0.484 e. The molecule has 2 aromatic carbocycles. The molecule has 0 saturated carbocycles. The van der Waals surface area contributed by atoms with Crippen LogP contribution in [0.25, 0.3) is 0 Å². The minimum Gasteiger partial charge on any atom is -0.484 e. The highest BCUT2D eigenvalue weighted by Gasteiger charge is 2.28. The van der Waals surface area contributed by atoms with E-state index in [0.29, 0.717) is 25.5 Å². The highest BCUT2D eigenvalue weighted by atomic mass is 19.4. The number of benzene rings is 2. The lowest BCUT2D eigenvalue weighted by atomic mass is 10.2. The second-order valence-electron chi connectivity index (χ2n) is 7.15. The lowest BCUT2D eigenvalue weighted by molar-refractivity contribution is -0.153. The number of nitrogens with zero attached hydrogens (tertiary/aromatic N) is 2. The molecule has 1 amide bonds. The summed E-state index contributed by atoms with van der Waals surface area (Å²) in [7, 11) is 1.64. The number of alkyl halides is 3. The molecule has 1 saturated heterocycles. The van der Waals surface area contributed by atoms with Crippen molar-refractivity contribution in [3.05, 3.63) is 59.7 Å². The number of hydrogen-bond acceptors (Lipinski definition) is 3. The van der Waals surface area contributed by atoms with E-state index in [9.17, 15) is 18.0 Å². The molecule has 0 aromatic heterocycles. The van der Waals surface area contributed by atoms with Crippen LogP contribution in [-0.4, -0.2) is 38.2 Å². The summed E-state index contributed by atoms with van der Waals surface area (Å²) in [5, 5.41) is 6.32. The van der Waals surface area contributed by atoms with E-state index in [2.05, 4.69) is 15.6 Å². The molecule has 1 aliphatic heterocycles. The summed E-state index contributed by atoms with van der Waals surface area (Å²) in [6.07, 6.45) is -2.88. The SMILES string of the molecule is CN=C(NCc1ccc(N2CCCC2=O)cc1)NCc1cccc(OCC(F)(F)F)c1. The van der Waals surface area contributed by atoms with Gasteiger partial charge in [-0.3, -0.25) is 9.79 Å². The Bertz CT molecular complexity index is 914. The van der Waals surface area contributed by atoms with Crippen LogP contribution in [0.3, 0.4) is 0 Å². The zero-order valence-electron chi connectivity index (χ0n) is 17.2. The molecule has 166 valence electrons. The molecule has 0 spiro atoms. The van der Waals surface area contributed by atoms with E-state index >= 15 is 0 Å². The molecule has 2 N–H and O–H groups in total. The van der Waals surface area contributed by atoms with E-state index in [1.54, 1.807) is 30.1 Å². The van der Waals surface area contributed by atoms with Crippen molar-refractivity contribution < 1.29 is 22.7 Å². The highest BCUT2D eigenvalue weighted by molar-refractivity contribution is 5.95. The van der Waals surface area contributed by atoms with Gasteiger partial charge in [0.2, 0.25) is 5.91 Å². The van der Waals surface area contributed by atoms with E-state index in [0.717, 1.165) is 29.8 Å². The van der Waals surface area contributed by atoms with Crippen LogP contribution in [0.15, 0.2) is 53.5 Å². The average molecular weight is 434 g/mol. The van der Waals surface area contributed by atoms with Crippen LogP contribution in [0.5, 0.6) is 5.75 Å². The van der Waals surface area contributed by atoms with Crippen molar-refractivity contribution in [2.24, 2.45) is 4.99 Å². The standard InChI is InChI=1S/C22H25F3N4O2/c1-26-21(28-14-17-4-2-5-19(12-17)31-15-22(23,24)25)27-13-16-7-9-18(10-8-16)29-11-3-6-20(29)30/h2,4-5,7-10,12H,3,6,11,13-15H2,1H3,(H2,26,27,28). The first-order valence-electron chi connectivity index (χ1n) is 9.96. The maximum Gasteiger partial charge on any atom is 0.422 e. The molecule has 0 bridgehead atoms. The van der Waals surface area contributed by atoms with Gasteiger partial charge in [-0.25, -0.2) is 0 Å².